The molecule has 1 heterocycles. The maximum absolute atomic E-state index is 12.1. The standard InChI is InChI=1S/C11H14N2O2S/c12-10-2-1-8(14)7-9(10)11(15)13-3-5-16-6-4-13/h1-2,7,14H,3-6,12H2. The van der Waals surface area contributed by atoms with Gasteiger partial charge in [0.1, 0.15) is 5.75 Å². The van der Waals surface area contributed by atoms with Crippen LogP contribution in [0.15, 0.2) is 18.2 Å². The summed E-state index contributed by atoms with van der Waals surface area (Å²) in [4.78, 5) is 13.9. The van der Waals surface area contributed by atoms with Crippen molar-refractivity contribution in [2.75, 3.05) is 30.3 Å². The zero-order valence-electron chi connectivity index (χ0n) is 8.85. The normalized spacial score (nSPS) is 16.1. The van der Waals surface area contributed by atoms with Crippen LogP contribution in [0.5, 0.6) is 5.75 Å². The largest absolute Gasteiger partial charge is 0.508 e. The van der Waals surface area contributed by atoms with Crippen molar-refractivity contribution in [1.29, 1.82) is 0 Å². The minimum Gasteiger partial charge on any atom is -0.508 e. The number of carbonyl (C=O) groups excluding carboxylic acids is 1. The summed E-state index contributed by atoms with van der Waals surface area (Å²) in [5.74, 6) is 1.91. The first-order chi connectivity index (χ1) is 7.68. The maximum atomic E-state index is 12.1. The SMILES string of the molecule is Nc1ccc(O)cc1C(=O)N1CCSCC1. The summed E-state index contributed by atoms with van der Waals surface area (Å²) in [6, 6.07) is 4.47. The predicted molar refractivity (Wildman–Crippen MR) is 65.7 cm³/mol. The second-order valence-corrected chi connectivity index (χ2v) is 4.90. The van der Waals surface area contributed by atoms with Crippen LogP contribution in [0.4, 0.5) is 5.69 Å². The predicted octanol–water partition coefficient (Wildman–Crippen LogP) is 1.16. The van der Waals surface area contributed by atoms with Gasteiger partial charge in [-0.25, -0.2) is 0 Å². The van der Waals surface area contributed by atoms with Crippen LogP contribution >= 0.6 is 11.8 Å². The van der Waals surface area contributed by atoms with E-state index in [4.69, 9.17) is 5.73 Å². The molecule has 1 saturated heterocycles. The number of phenolic OH excluding ortho intramolecular Hbond substituents is 1. The van der Waals surface area contributed by atoms with Gasteiger partial charge in [0.2, 0.25) is 0 Å². The lowest BCUT2D eigenvalue weighted by Crippen LogP contribution is -2.38. The minimum atomic E-state index is -0.0892. The van der Waals surface area contributed by atoms with E-state index in [0.717, 1.165) is 24.6 Å². The molecule has 0 aliphatic carbocycles. The second-order valence-electron chi connectivity index (χ2n) is 3.68. The van der Waals surface area contributed by atoms with Crippen LogP contribution in [0.1, 0.15) is 10.4 Å². The van der Waals surface area contributed by atoms with Gasteiger partial charge >= 0.3 is 0 Å². The number of rotatable bonds is 1. The molecule has 1 aromatic rings. The molecule has 2 rings (SSSR count). The van der Waals surface area contributed by atoms with E-state index in [1.807, 2.05) is 11.8 Å². The fraction of sp³-hybridized carbons (Fsp3) is 0.364. The number of hydrogen-bond acceptors (Lipinski definition) is 4. The molecule has 0 radical (unpaired) electrons. The van der Waals surface area contributed by atoms with Crippen LogP contribution in [0, 0.1) is 0 Å². The lowest BCUT2D eigenvalue weighted by Gasteiger charge is -2.26. The Hall–Kier alpha value is -1.36. The Morgan fingerprint density at radius 2 is 2.06 bits per heavy atom. The molecular weight excluding hydrogens is 224 g/mol. The summed E-state index contributed by atoms with van der Waals surface area (Å²) >= 11 is 1.84. The Balaban J connectivity index is 2.22. The first kappa shape index (κ1) is 11.1. The number of anilines is 1. The Kier molecular flexibility index (Phi) is 3.24. The first-order valence-electron chi connectivity index (χ1n) is 5.14. The molecule has 0 atom stereocenters. The van der Waals surface area contributed by atoms with Gasteiger partial charge in [0.25, 0.3) is 5.91 Å². The van der Waals surface area contributed by atoms with Gasteiger partial charge in [-0.2, -0.15) is 11.8 Å². The monoisotopic (exact) mass is 238 g/mol. The molecule has 4 nitrogen and oxygen atoms in total. The number of carbonyl (C=O) groups is 1. The third kappa shape index (κ3) is 2.24. The van der Waals surface area contributed by atoms with Crippen LogP contribution < -0.4 is 5.73 Å². The topological polar surface area (TPSA) is 66.6 Å². The van der Waals surface area contributed by atoms with Crippen molar-refractivity contribution in [1.82, 2.24) is 4.90 Å². The molecule has 86 valence electrons. The molecule has 0 aromatic heterocycles. The van der Waals surface area contributed by atoms with Crippen LogP contribution in [0.3, 0.4) is 0 Å². The molecule has 3 N–H and O–H groups in total. The van der Waals surface area contributed by atoms with E-state index >= 15 is 0 Å². The van der Waals surface area contributed by atoms with E-state index in [0.29, 0.717) is 11.3 Å². The number of nitrogen functional groups attached to an aromatic ring is 1. The van der Waals surface area contributed by atoms with Crippen molar-refractivity contribution in [3.8, 4) is 5.75 Å². The smallest absolute Gasteiger partial charge is 0.256 e. The highest BCUT2D eigenvalue weighted by molar-refractivity contribution is 7.99. The molecule has 16 heavy (non-hydrogen) atoms. The van der Waals surface area contributed by atoms with E-state index < -0.39 is 0 Å². The molecule has 1 aliphatic rings. The van der Waals surface area contributed by atoms with Crippen LogP contribution in [-0.4, -0.2) is 40.5 Å². The molecular formula is C11H14N2O2S. The molecule has 1 amide bonds. The molecule has 0 bridgehead atoms. The van der Waals surface area contributed by atoms with E-state index in [2.05, 4.69) is 0 Å². The Morgan fingerprint density at radius 3 is 2.75 bits per heavy atom. The number of nitrogens with two attached hydrogens (primary N) is 1. The third-order valence-corrected chi connectivity index (χ3v) is 3.51. The van der Waals surface area contributed by atoms with E-state index in [9.17, 15) is 9.90 Å². The molecule has 0 unspecified atom stereocenters. The Morgan fingerprint density at radius 1 is 1.38 bits per heavy atom. The van der Waals surface area contributed by atoms with E-state index in [1.165, 1.54) is 12.1 Å². The summed E-state index contributed by atoms with van der Waals surface area (Å²) in [6.45, 7) is 1.50. The summed E-state index contributed by atoms with van der Waals surface area (Å²) in [6.07, 6.45) is 0. The van der Waals surface area contributed by atoms with Crippen LogP contribution in [0.25, 0.3) is 0 Å². The number of hydrogen-bond donors (Lipinski definition) is 2. The second kappa shape index (κ2) is 4.65. The number of amides is 1. The maximum Gasteiger partial charge on any atom is 0.256 e. The van der Waals surface area contributed by atoms with Crippen LogP contribution in [-0.2, 0) is 0 Å². The fourth-order valence-electron chi connectivity index (χ4n) is 1.67. The lowest BCUT2D eigenvalue weighted by molar-refractivity contribution is 0.0773. The number of nitrogens with zero attached hydrogens (tertiary/aromatic N) is 1. The van der Waals surface area contributed by atoms with Gasteiger partial charge in [-0.15, -0.1) is 0 Å². The molecule has 1 aromatic carbocycles. The molecule has 1 fully saturated rings. The van der Waals surface area contributed by atoms with Crippen LogP contribution in [0.2, 0.25) is 0 Å². The van der Waals surface area contributed by atoms with Crippen molar-refractivity contribution in [3.63, 3.8) is 0 Å². The van der Waals surface area contributed by atoms with Gasteiger partial charge in [0.05, 0.1) is 5.56 Å². The molecule has 0 saturated carbocycles. The zero-order chi connectivity index (χ0) is 11.5. The van der Waals surface area contributed by atoms with Gasteiger partial charge < -0.3 is 15.7 Å². The fourth-order valence-corrected chi connectivity index (χ4v) is 2.57. The molecule has 0 spiro atoms. The number of aromatic hydroxyl groups is 1. The first-order valence-corrected chi connectivity index (χ1v) is 6.29. The molecule has 1 aliphatic heterocycles. The minimum absolute atomic E-state index is 0.0731. The highest BCUT2D eigenvalue weighted by Gasteiger charge is 2.20. The molecule has 5 heteroatoms. The van der Waals surface area contributed by atoms with Crippen molar-refractivity contribution in [2.45, 2.75) is 0 Å². The average Bonchev–Trinajstić information content (AvgIpc) is 2.32. The Labute approximate surface area is 98.4 Å². The Bertz CT molecular complexity index is 403. The summed E-state index contributed by atoms with van der Waals surface area (Å²) in [5.41, 5.74) is 6.55. The summed E-state index contributed by atoms with van der Waals surface area (Å²) in [7, 11) is 0. The van der Waals surface area contributed by atoms with Crippen molar-refractivity contribution >= 4 is 23.4 Å². The van der Waals surface area contributed by atoms with Crippen molar-refractivity contribution in [3.05, 3.63) is 23.8 Å². The highest BCUT2D eigenvalue weighted by Crippen LogP contribution is 2.21. The van der Waals surface area contributed by atoms with Gasteiger partial charge in [-0.3, -0.25) is 4.79 Å². The van der Waals surface area contributed by atoms with E-state index in [-0.39, 0.29) is 11.7 Å². The number of benzene rings is 1. The van der Waals surface area contributed by atoms with Crippen molar-refractivity contribution < 1.29 is 9.90 Å². The number of thioether (sulfide) groups is 1. The zero-order valence-corrected chi connectivity index (χ0v) is 9.67. The lowest BCUT2D eigenvalue weighted by atomic mass is 10.1. The van der Waals surface area contributed by atoms with Gasteiger partial charge in [-0.1, -0.05) is 0 Å². The highest BCUT2D eigenvalue weighted by atomic mass is 32.2. The summed E-state index contributed by atoms with van der Waals surface area (Å²) < 4.78 is 0. The average molecular weight is 238 g/mol. The van der Waals surface area contributed by atoms with Gasteiger partial charge in [0, 0.05) is 30.3 Å². The third-order valence-electron chi connectivity index (χ3n) is 2.57. The van der Waals surface area contributed by atoms with Crippen molar-refractivity contribution in [2.24, 2.45) is 0 Å². The quantitative estimate of drug-likeness (QED) is 0.569. The number of phenols is 1. The van der Waals surface area contributed by atoms with Gasteiger partial charge in [-0.05, 0) is 18.2 Å². The summed E-state index contributed by atoms with van der Waals surface area (Å²) in [5, 5.41) is 9.35. The van der Waals surface area contributed by atoms with E-state index in [1.54, 1.807) is 11.0 Å². The van der Waals surface area contributed by atoms with Gasteiger partial charge in [0.15, 0.2) is 0 Å².